The van der Waals surface area contributed by atoms with E-state index >= 15 is 0 Å². The Hall–Kier alpha value is -0.560. The van der Waals surface area contributed by atoms with Crippen LogP contribution >= 0.6 is 0 Å². The van der Waals surface area contributed by atoms with E-state index in [1.54, 1.807) is 0 Å². The lowest BCUT2D eigenvalue weighted by molar-refractivity contribution is 0.648. The van der Waals surface area contributed by atoms with Gasteiger partial charge < -0.3 is 5.32 Å². The second-order valence-corrected chi connectivity index (χ2v) is 3.55. The van der Waals surface area contributed by atoms with Gasteiger partial charge in [0.05, 0.1) is 0 Å². The summed E-state index contributed by atoms with van der Waals surface area (Å²) in [7, 11) is 1.97. The summed E-state index contributed by atoms with van der Waals surface area (Å²) in [5.41, 5.74) is 1.30. The third-order valence-electron chi connectivity index (χ3n) is 1.99. The Morgan fingerprint density at radius 3 is 2.33 bits per heavy atom. The van der Waals surface area contributed by atoms with Crippen molar-refractivity contribution in [3.63, 3.8) is 0 Å². The molecule has 1 nitrogen and oxygen atoms in total. The fraction of sp³-hybridized carbons (Fsp3) is 0.636. The van der Waals surface area contributed by atoms with E-state index in [-0.39, 0.29) is 0 Å². The number of nitrogens with one attached hydrogen (secondary N) is 1. The van der Waals surface area contributed by atoms with E-state index < -0.39 is 0 Å². The van der Waals surface area contributed by atoms with Crippen molar-refractivity contribution in [1.82, 2.24) is 5.32 Å². The van der Waals surface area contributed by atoms with Crippen LogP contribution in [0, 0.1) is 5.92 Å². The zero-order valence-corrected chi connectivity index (χ0v) is 8.72. The van der Waals surface area contributed by atoms with Gasteiger partial charge >= 0.3 is 0 Å². The van der Waals surface area contributed by atoms with Crippen LogP contribution in [0.2, 0.25) is 0 Å². The molecule has 0 aromatic rings. The van der Waals surface area contributed by atoms with E-state index in [2.05, 4.69) is 38.7 Å². The summed E-state index contributed by atoms with van der Waals surface area (Å²) in [6.45, 7) is 10.4. The lowest BCUT2D eigenvalue weighted by Gasteiger charge is -2.11. The number of hydrogen-bond donors (Lipinski definition) is 1. The Balaban J connectivity index is 4.12. The highest BCUT2D eigenvalue weighted by Gasteiger charge is 2.01. The Morgan fingerprint density at radius 2 is 2.00 bits per heavy atom. The summed E-state index contributed by atoms with van der Waals surface area (Å²) >= 11 is 0. The second-order valence-electron chi connectivity index (χ2n) is 3.55. The first kappa shape index (κ1) is 11.4. The molecule has 0 fully saturated rings. The van der Waals surface area contributed by atoms with Gasteiger partial charge in [-0.05, 0) is 31.9 Å². The molecule has 0 amide bonds. The predicted molar refractivity (Wildman–Crippen MR) is 56.3 cm³/mol. The second kappa shape index (κ2) is 6.01. The summed E-state index contributed by atoms with van der Waals surface area (Å²) in [5, 5.41) is 3.20. The van der Waals surface area contributed by atoms with Crippen LogP contribution in [0.4, 0.5) is 0 Å². The van der Waals surface area contributed by atoms with E-state index in [9.17, 15) is 0 Å². The Labute approximate surface area is 76.6 Å². The molecule has 12 heavy (non-hydrogen) atoms. The summed E-state index contributed by atoms with van der Waals surface area (Å²) in [4.78, 5) is 0. The molecule has 70 valence electrons. The van der Waals surface area contributed by atoms with Crippen molar-refractivity contribution >= 4 is 0 Å². The monoisotopic (exact) mass is 167 g/mol. The van der Waals surface area contributed by atoms with E-state index in [1.165, 1.54) is 5.57 Å². The molecule has 1 unspecified atom stereocenters. The zero-order chi connectivity index (χ0) is 9.56. The van der Waals surface area contributed by atoms with Gasteiger partial charge in [-0.2, -0.15) is 0 Å². The molecular formula is C11H21N. The maximum absolute atomic E-state index is 3.80. The fourth-order valence-corrected chi connectivity index (χ4v) is 0.975. The molecule has 0 heterocycles. The van der Waals surface area contributed by atoms with Crippen molar-refractivity contribution in [3.05, 3.63) is 24.3 Å². The van der Waals surface area contributed by atoms with Crippen LogP contribution in [0.25, 0.3) is 0 Å². The topological polar surface area (TPSA) is 12.0 Å². The van der Waals surface area contributed by atoms with Crippen LogP contribution in [0.1, 0.15) is 27.2 Å². The Bertz CT molecular complexity index is 156. The van der Waals surface area contributed by atoms with Gasteiger partial charge in [0.25, 0.3) is 0 Å². The maximum atomic E-state index is 3.80. The van der Waals surface area contributed by atoms with Gasteiger partial charge in [0.2, 0.25) is 0 Å². The number of allylic oxidation sites excluding steroid dienone is 1. The first-order valence-electron chi connectivity index (χ1n) is 4.61. The summed E-state index contributed by atoms with van der Waals surface area (Å²) in [6.07, 6.45) is 5.33. The first-order chi connectivity index (χ1) is 5.61. The predicted octanol–water partition coefficient (Wildman–Crippen LogP) is 2.75. The van der Waals surface area contributed by atoms with Crippen LogP contribution in [0.15, 0.2) is 24.3 Å². The lowest BCUT2D eigenvalue weighted by atomic mass is 10.0. The first-order valence-corrected chi connectivity index (χ1v) is 4.61. The molecule has 0 radical (unpaired) electrons. The minimum absolute atomic E-state index is 0.418. The molecule has 1 N–H and O–H groups in total. The Morgan fingerprint density at radius 1 is 1.42 bits per heavy atom. The molecule has 0 bridgehead atoms. The minimum atomic E-state index is 0.418. The SMILES string of the molecule is C=C/C(=C\CC(C)C)C(C)NC. The van der Waals surface area contributed by atoms with Crippen molar-refractivity contribution in [2.24, 2.45) is 5.92 Å². The van der Waals surface area contributed by atoms with Crippen LogP contribution in [-0.2, 0) is 0 Å². The molecule has 0 saturated heterocycles. The standard InChI is InChI=1S/C11H21N/c1-6-11(10(4)12-5)8-7-9(2)3/h6,8-10,12H,1,7H2,2-5H3/b11-8+. The van der Waals surface area contributed by atoms with E-state index in [0.29, 0.717) is 6.04 Å². The third-order valence-corrected chi connectivity index (χ3v) is 1.99. The van der Waals surface area contributed by atoms with Gasteiger partial charge in [0.1, 0.15) is 0 Å². The largest absolute Gasteiger partial charge is 0.313 e. The van der Waals surface area contributed by atoms with Gasteiger partial charge in [-0.3, -0.25) is 0 Å². The molecule has 0 aliphatic heterocycles. The highest BCUT2D eigenvalue weighted by Crippen LogP contribution is 2.08. The summed E-state index contributed by atoms with van der Waals surface area (Å²) in [5.74, 6) is 0.726. The van der Waals surface area contributed by atoms with Gasteiger partial charge in [0.15, 0.2) is 0 Å². The molecule has 1 heteroatoms. The molecule has 0 spiro atoms. The van der Waals surface area contributed by atoms with E-state index in [4.69, 9.17) is 0 Å². The van der Waals surface area contributed by atoms with Gasteiger partial charge in [-0.15, -0.1) is 0 Å². The number of likely N-dealkylation sites (N-methyl/N-ethyl adjacent to an activating group) is 1. The molecule has 1 atom stereocenters. The fourth-order valence-electron chi connectivity index (χ4n) is 0.975. The van der Waals surface area contributed by atoms with E-state index in [0.717, 1.165) is 12.3 Å². The summed E-state index contributed by atoms with van der Waals surface area (Å²) in [6, 6.07) is 0.418. The highest BCUT2D eigenvalue weighted by molar-refractivity contribution is 5.21. The molecule has 0 rings (SSSR count). The summed E-state index contributed by atoms with van der Waals surface area (Å²) < 4.78 is 0. The van der Waals surface area contributed by atoms with Crippen molar-refractivity contribution in [1.29, 1.82) is 0 Å². The van der Waals surface area contributed by atoms with Crippen molar-refractivity contribution in [3.8, 4) is 0 Å². The average Bonchev–Trinajstić information content (AvgIpc) is 2.04. The van der Waals surface area contributed by atoms with E-state index in [1.807, 2.05) is 13.1 Å². The van der Waals surface area contributed by atoms with Crippen molar-refractivity contribution < 1.29 is 0 Å². The third kappa shape index (κ3) is 4.35. The molecule has 0 aromatic heterocycles. The highest BCUT2D eigenvalue weighted by atomic mass is 14.9. The molecule has 0 aromatic carbocycles. The lowest BCUT2D eigenvalue weighted by Crippen LogP contribution is -2.22. The van der Waals surface area contributed by atoms with Crippen molar-refractivity contribution in [2.45, 2.75) is 33.2 Å². The molecule has 0 saturated carbocycles. The molecular weight excluding hydrogens is 146 g/mol. The van der Waals surface area contributed by atoms with Gasteiger partial charge in [0, 0.05) is 6.04 Å². The Kier molecular flexibility index (Phi) is 5.73. The van der Waals surface area contributed by atoms with Crippen molar-refractivity contribution in [2.75, 3.05) is 7.05 Å². The number of hydrogen-bond acceptors (Lipinski definition) is 1. The normalized spacial score (nSPS) is 14.9. The van der Waals surface area contributed by atoms with Crippen LogP contribution in [-0.4, -0.2) is 13.1 Å². The van der Waals surface area contributed by atoms with Gasteiger partial charge in [-0.1, -0.05) is 32.6 Å². The van der Waals surface area contributed by atoms with Crippen LogP contribution < -0.4 is 5.32 Å². The number of rotatable bonds is 5. The molecule has 0 aliphatic rings. The zero-order valence-electron chi connectivity index (χ0n) is 8.72. The molecule has 0 aliphatic carbocycles. The smallest absolute Gasteiger partial charge is 0.0285 e. The van der Waals surface area contributed by atoms with Gasteiger partial charge in [-0.25, -0.2) is 0 Å². The average molecular weight is 167 g/mol. The quantitative estimate of drug-likeness (QED) is 0.621. The van der Waals surface area contributed by atoms with Crippen LogP contribution in [0.3, 0.4) is 0 Å². The van der Waals surface area contributed by atoms with Crippen LogP contribution in [0.5, 0.6) is 0 Å². The maximum Gasteiger partial charge on any atom is 0.0285 e. The minimum Gasteiger partial charge on any atom is -0.313 e.